The SMILES string of the molecule is COc1ccccc1CN(C)C(=O)n1cc[n+](C)c1.[I-]. The number of ether oxygens (including phenoxy) is 1. The van der Waals surface area contributed by atoms with Gasteiger partial charge >= 0.3 is 6.03 Å². The molecule has 0 unspecified atom stereocenters. The van der Waals surface area contributed by atoms with Crippen LogP contribution in [0.1, 0.15) is 5.56 Å². The van der Waals surface area contributed by atoms with E-state index in [9.17, 15) is 4.79 Å². The molecule has 0 aliphatic carbocycles. The Morgan fingerprint density at radius 1 is 1.40 bits per heavy atom. The summed E-state index contributed by atoms with van der Waals surface area (Å²) in [5, 5.41) is 0. The number of carbonyl (C=O) groups excluding carboxylic acids is 1. The van der Waals surface area contributed by atoms with Gasteiger partial charge in [-0.15, -0.1) is 0 Å². The number of benzene rings is 1. The number of amides is 1. The summed E-state index contributed by atoms with van der Waals surface area (Å²) in [4.78, 5) is 13.8. The highest BCUT2D eigenvalue weighted by molar-refractivity contribution is 5.76. The number of halogens is 1. The van der Waals surface area contributed by atoms with Crippen LogP contribution in [-0.4, -0.2) is 29.7 Å². The van der Waals surface area contributed by atoms with Gasteiger partial charge in [0.2, 0.25) is 0 Å². The van der Waals surface area contributed by atoms with Crippen LogP contribution >= 0.6 is 0 Å². The molecular formula is C14H18IN3O2. The monoisotopic (exact) mass is 387 g/mol. The minimum Gasteiger partial charge on any atom is -1.00 e. The standard InChI is InChI=1S/C14H18N3O2.HI/c1-15-8-9-17(11-15)14(18)16(2)10-12-6-4-5-7-13(12)19-3;/h4-9,11H,10H2,1-3H3;1H/q+1;/p-1. The largest absolute Gasteiger partial charge is 1.00 e. The lowest BCUT2D eigenvalue weighted by Gasteiger charge is -2.16. The number of rotatable bonds is 3. The van der Waals surface area contributed by atoms with Crippen molar-refractivity contribution in [1.82, 2.24) is 9.47 Å². The molecule has 0 bridgehead atoms. The van der Waals surface area contributed by atoms with E-state index in [1.54, 1.807) is 36.1 Å². The second-order valence-corrected chi connectivity index (χ2v) is 4.44. The molecule has 2 aromatic rings. The molecule has 0 radical (unpaired) electrons. The van der Waals surface area contributed by atoms with Crippen molar-refractivity contribution in [3.05, 3.63) is 48.5 Å². The van der Waals surface area contributed by atoms with Crippen LogP contribution in [0.2, 0.25) is 0 Å². The van der Waals surface area contributed by atoms with Crippen LogP contribution in [0.25, 0.3) is 0 Å². The van der Waals surface area contributed by atoms with Crippen molar-refractivity contribution in [1.29, 1.82) is 0 Å². The summed E-state index contributed by atoms with van der Waals surface area (Å²) in [5.41, 5.74) is 0.984. The van der Waals surface area contributed by atoms with E-state index in [1.807, 2.05) is 42.1 Å². The molecule has 2 rings (SSSR count). The van der Waals surface area contributed by atoms with Crippen molar-refractivity contribution in [3.63, 3.8) is 0 Å². The number of hydrogen-bond acceptors (Lipinski definition) is 2. The molecule has 0 fully saturated rings. The van der Waals surface area contributed by atoms with E-state index in [1.165, 1.54) is 0 Å². The van der Waals surface area contributed by atoms with Gasteiger partial charge in [-0.1, -0.05) is 18.2 Å². The number of para-hydroxylation sites is 1. The van der Waals surface area contributed by atoms with Crippen molar-refractivity contribution in [2.75, 3.05) is 14.2 Å². The molecule has 6 heteroatoms. The van der Waals surface area contributed by atoms with Gasteiger partial charge in [-0.3, -0.25) is 0 Å². The average molecular weight is 387 g/mol. The van der Waals surface area contributed by atoms with Crippen LogP contribution in [0.3, 0.4) is 0 Å². The van der Waals surface area contributed by atoms with E-state index in [0.29, 0.717) is 6.54 Å². The Balaban J connectivity index is 0.00000200. The van der Waals surface area contributed by atoms with Crippen LogP contribution in [0.5, 0.6) is 5.75 Å². The van der Waals surface area contributed by atoms with E-state index >= 15 is 0 Å². The van der Waals surface area contributed by atoms with Crippen LogP contribution in [-0.2, 0) is 13.6 Å². The molecule has 0 saturated heterocycles. The molecule has 0 spiro atoms. The third kappa shape index (κ3) is 3.72. The summed E-state index contributed by atoms with van der Waals surface area (Å²) in [6, 6.07) is 7.62. The Morgan fingerprint density at radius 3 is 2.70 bits per heavy atom. The number of carbonyl (C=O) groups is 1. The van der Waals surface area contributed by atoms with Gasteiger partial charge in [-0.05, 0) is 6.07 Å². The topological polar surface area (TPSA) is 38.4 Å². The second-order valence-electron chi connectivity index (χ2n) is 4.44. The number of hydrogen-bond donors (Lipinski definition) is 0. The smallest absolute Gasteiger partial charge is 0.415 e. The molecule has 0 atom stereocenters. The maximum absolute atomic E-state index is 12.2. The molecule has 1 aromatic heterocycles. The molecular weight excluding hydrogens is 369 g/mol. The van der Waals surface area contributed by atoms with Crippen LogP contribution in [0.15, 0.2) is 43.0 Å². The zero-order valence-corrected chi connectivity index (χ0v) is 13.9. The Bertz CT molecular complexity index is 583. The van der Waals surface area contributed by atoms with Gasteiger partial charge in [-0.2, -0.15) is 4.57 Å². The van der Waals surface area contributed by atoms with E-state index < -0.39 is 0 Å². The Morgan fingerprint density at radius 2 is 2.10 bits per heavy atom. The first-order chi connectivity index (χ1) is 9.11. The summed E-state index contributed by atoms with van der Waals surface area (Å²) >= 11 is 0. The summed E-state index contributed by atoms with van der Waals surface area (Å²) < 4.78 is 8.67. The molecule has 108 valence electrons. The lowest BCUT2D eigenvalue weighted by Crippen LogP contribution is -3.00. The van der Waals surface area contributed by atoms with Gasteiger partial charge < -0.3 is 33.6 Å². The molecule has 1 aromatic carbocycles. The summed E-state index contributed by atoms with van der Waals surface area (Å²) in [6.07, 6.45) is 5.30. The fourth-order valence-electron chi connectivity index (χ4n) is 1.92. The van der Waals surface area contributed by atoms with Crippen molar-refractivity contribution in [3.8, 4) is 5.75 Å². The third-order valence-corrected chi connectivity index (χ3v) is 2.92. The van der Waals surface area contributed by atoms with E-state index in [4.69, 9.17) is 4.74 Å². The first-order valence-corrected chi connectivity index (χ1v) is 6.02. The highest BCUT2D eigenvalue weighted by atomic mass is 127. The maximum Gasteiger partial charge on any atom is 0.415 e. The highest BCUT2D eigenvalue weighted by Gasteiger charge is 2.18. The lowest BCUT2D eigenvalue weighted by molar-refractivity contribution is -0.670. The summed E-state index contributed by atoms with van der Waals surface area (Å²) in [5.74, 6) is 0.792. The number of aryl methyl sites for hydroxylation is 1. The van der Waals surface area contributed by atoms with Gasteiger partial charge in [0.25, 0.3) is 6.33 Å². The first-order valence-electron chi connectivity index (χ1n) is 6.02. The Labute approximate surface area is 135 Å². The van der Waals surface area contributed by atoms with Gasteiger partial charge in [0.05, 0.1) is 20.7 Å². The Kier molecular flexibility index (Phi) is 6.00. The molecule has 1 amide bonds. The van der Waals surface area contributed by atoms with Crippen molar-refractivity contribution < 1.29 is 38.1 Å². The first kappa shape index (κ1) is 16.5. The molecule has 0 aliphatic heterocycles. The zero-order chi connectivity index (χ0) is 13.8. The molecule has 0 N–H and O–H groups in total. The Hall–Kier alpha value is -1.57. The minimum absolute atomic E-state index is 0. The number of nitrogens with zero attached hydrogens (tertiary/aromatic N) is 3. The number of aromatic nitrogens is 2. The summed E-state index contributed by atoms with van der Waals surface area (Å²) in [7, 11) is 5.28. The highest BCUT2D eigenvalue weighted by Crippen LogP contribution is 2.18. The van der Waals surface area contributed by atoms with Gasteiger partial charge in [0, 0.05) is 12.6 Å². The number of methoxy groups -OCH3 is 1. The molecule has 1 heterocycles. The minimum atomic E-state index is -0.0773. The average Bonchev–Trinajstić information content (AvgIpc) is 2.85. The van der Waals surface area contributed by atoms with Crippen molar-refractivity contribution >= 4 is 6.03 Å². The quantitative estimate of drug-likeness (QED) is 0.472. The van der Waals surface area contributed by atoms with E-state index in [0.717, 1.165) is 11.3 Å². The summed E-state index contributed by atoms with van der Waals surface area (Å²) in [6.45, 7) is 0.505. The fraction of sp³-hybridized carbons (Fsp3) is 0.286. The zero-order valence-electron chi connectivity index (χ0n) is 11.8. The molecule has 20 heavy (non-hydrogen) atoms. The van der Waals surface area contributed by atoms with Gasteiger partial charge in [0.1, 0.15) is 18.1 Å². The lowest BCUT2D eigenvalue weighted by atomic mass is 10.2. The van der Waals surface area contributed by atoms with Crippen LogP contribution < -0.4 is 33.3 Å². The maximum atomic E-state index is 12.2. The molecule has 0 aliphatic rings. The van der Waals surface area contributed by atoms with Crippen LogP contribution in [0.4, 0.5) is 4.79 Å². The van der Waals surface area contributed by atoms with Gasteiger partial charge in [0.15, 0.2) is 0 Å². The fourth-order valence-corrected chi connectivity index (χ4v) is 1.92. The van der Waals surface area contributed by atoms with E-state index in [-0.39, 0.29) is 30.0 Å². The third-order valence-electron chi connectivity index (χ3n) is 2.92. The predicted octanol–water partition coefficient (Wildman–Crippen LogP) is -1.57. The molecule has 5 nitrogen and oxygen atoms in total. The predicted molar refractivity (Wildman–Crippen MR) is 70.9 cm³/mol. The second kappa shape index (κ2) is 7.28. The normalized spacial score (nSPS) is 9.75. The van der Waals surface area contributed by atoms with Crippen molar-refractivity contribution in [2.45, 2.75) is 6.54 Å². The number of imidazole rings is 1. The molecule has 0 saturated carbocycles. The van der Waals surface area contributed by atoms with Crippen LogP contribution in [0, 0.1) is 0 Å². The van der Waals surface area contributed by atoms with Crippen molar-refractivity contribution in [2.24, 2.45) is 7.05 Å². The van der Waals surface area contributed by atoms with Gasteiger partial charge in [-0.25, -0.2) is 9.36 Å². The van der Waals surface area contributed by atoms with E-state index in [2.05, 4.69) is 0 Å².